The van der Waals surface area contributed by atoms with Crippen molar-refractivity contribution in [1.82, 2.24) is 25.5 Å². The summed E-state index contributed by atoms with van der Waals surface area (Å²) in [6.45, 7) is 1.90. The van der Waals surface area contributed by atoms with Crippen LogP contribution in [0.4, 0.5) is 0 Å². The average molecular weight is 353 g/mol. The first-order chi connectivity index (χ1) is 11.7. The molecule has 2 rings (SSSR count). The van der Waals surface area contributed by atoms with Crippen LogP contribution in [-0.2, 0) is 13.6 Å². The van der Waals surface area contributed by atoms with Gasteiger partial charge in [0.25, 0.3) is 0 Å². The first-order valence-electron chi connectivity index (χ1n) is 7.71. The minimum absolute atomic E-state index is 0.0190. The molecule has 0 aliphatic carbocycles. The number of aliphatic hydroxyl groups excluding tert-OH is 1. The van der Waals surface area contributed by atoms with Crippen molar-refractivity contribution in [3.63, 3.8) is 0 Å². The number of methoxy groups -OCH3 is 1. The number of nitrogens with zero attached hydrogens (tertiary/aromatic N) is 4. The fourth-order valence-corrected chi connectivity index (χ4v) is 2.82. The number of rotatable bonds is 11. The van der Waals surface area contributed by atoms with Crippen LogP contribution in [0.5, 0.6) is 11.5 Å². The number of aryl methyl sites for hydroxylation is 1. The number of benzene rings is 1. The zero-order chi connectivity index (χ0) is 17.2. The maximum atomic E-state index is 8.82. The second-order valence-corrected chi connectivity index (χ2v) is 6.08. The van der Waals surface area contributed by atoms with E-state index in [9.17, 15) is 0 Å². The van der Waals surface area contributed by atoms with Gasteiger partial charge in [0.05, 0.1) is 13.7 Å². The van der Waals surface area contributed by atoms with Crippen molar-refractivity contribution in [2.24, 2.45) is 7.05 Å². The van der Waals surface area contributed by atoms with Crippen LogP contribution in [-0.4, -0.2) is 57.9 Å². The van der Waals surface area contributed by atoms with E-state index in [0.29, 0.717) is 11.5 Å². The van der Waals surface area contributed by atoms with Crippen LogP contribution in [0.3, 0.4) is 0 Å². The number of aromatic nitrogens is 4. The zero-order valence-electron chi connectivity index (χ0n) is 13.9. The van der Waals surface area contributed by atoms with Gasteiger partial charge in [-0.25, -0.2) is 4.68 Å². The molecule has 0 aliphatic heterocycles. The van der Waals surface area contributed by atoms with E-state index in [1.54, 1.807) is 23.6 Å². The molecule has 2 N–H and O–H groups in total. The summed E-state index contributed by atoms with van der Waals surface area (Å²) in [7, 11) is 3.44. The Kier molecular flexibility index (Phi) is 7.80. The van der Waals surface area contributed by atoms with E-state index in [-0.39, 0.29) is 13.2 Å². The van der Waals surface area contributed by atoms with Crippen molar-refractivity contribution in [3.8, 4) is 11.5 Å². The van der Waals surface area contributed by atoms with Crippen LogP contribution in [0.15, 0.2) is 23.4 Å². The van der Waals surface area contributed by atoms with Crippen molar-refractivity contribution in [2.45, 2.75) is 18.1 Å². The Hall–Kier alpha value is -1.84. The molecular weight excluding hydrogens is 330 g/mol. The Balaban J connectivity index is 1.69. The standard InChI is InChI=1S/C15H23N5O3S/c1-20-15(17-18-19-20)24-9-3-6-16-11-12-4-5-13(23-8-7-21)14(10-12)22-2/h4-5,10,16,21H,3,6-9,11H2,1-2H3. The Labute approximate surface area is 145 Å². The predicted molar refractivity (Wildman–Crippen MR) is 91.4 cm³/mol. The van der Waals surface area contributed by atoms with Crippen LogP contribution in [0.1, 0.15) is 12.0 Å². The van der Waals surface area contributed by atoms with E-state index in [1.165, 1.54) is 0 Å². The third-order valence-electron chi connectivity index (χ3n) is 3.22. The number of nitrogens with one attached hydrogen (secondary N) is 1. The van der Waals surface area contributed by atoms with Gasteiger partial charge in [-0.2, -0.15) is 0 Å². The fraction of sp³-hybridized carbons (Fsp3) is 0.533. The molecule has 0 saturated carbocycles. The third-order valence-corrected chi connectivity index (χ3v) is 4.31. The third kappa shape index (κ3) is 5.66. The summed E-state index contributed by atoms with van der Waals surface area (Å²) in [4.78, 5) is 0. The lowest BCUT2D eigenvalue weighted by Crippen LogP contribution is -2.15. The first-order valence-corrected chi connectivity index (χ1v) is 8.69. The number of ether oxygens (including phenoxy) is 2. The molecule has 1 heterocycles. The van der Waals surface area contributed by atoms with Gasteiger partial charge < -0.3 is 19.9 Å². The van der Waals surface area contributed by atoms with E-state index in [4.69, 9.17) is 14.6 Å². The highest BCUT2D eigenvalue weighted by Gasteiger charge is 2.06. The Morgan fingerprint density at radius 2 is 2.21 bits per heavy atom. The van der Waals surface area contributed by atoms with Gasteiger partial charge in [0.15, 0.2) is 11.5 Å². The van der Waals surface area contributed by atoms with Crippen LogP contribution < -0.4 is 14.8 Å². The Morgan fingerprint density at radius 1 is 1.33 bits per heavy atom. The lowest BCUT2D eigenvalue weighted by atomic mass is 10.2. The normalized spacial score (nSPS) is 10.8. The molecule has 0 saturated heterocycles. The molecule has 0 radical (unpaired) electrons. The number of hydrogen-bond donors (Lipinski definition) is 2. The molecule has 0 spiro atoms. The number of thioether (sulfide) groups is 1. The number of hydrogen-bond acceptors (Lipinski definition) is 8. The molecule has 9 heteroatoms. The van der Waals surface area contributed by atoms with Crippen molar-refractivity contribution < 1.29 is 14.6 Å². The molecule has 2 aromatic rings. The number of tetrazole rings is 1. The lowest BCUT2D eigenvalue weighted by molar-refractivity contribution is 0.196. The summed E-state index contributed by atoms with van der Waals surface area (Å²) >= 11 is 1.65. The maximum absolute atomic E-state index is 8.82. The molecule has 1 aromatic heterocycles. The molecule has 0 unspecified atom stereocenters. The first kappa shape index (κ1) is 18.5. The van der Waals surface area contributed by atoms with Gasteiger partial charge in [0.1, 0.15) is 6.61 Å². The Bertz CT molecular complexity index is 623. The van der Waals surface area contributed by atoms with Gasteiger partial charge in [-0.15, -0.1) is 5.10 Å². The minimum Gasteiger partial charge on any atom is -0.493 e. The molecule has 24 heavy (non-hydrogen) atoms. The topological polar surface area (TPSA) is 94.3 Å². The van der Waals surface area contributed by atoms with Crippen LogP contribution in [0, 0.1) is 0 Å². The molecule has 8 nitrogen and oxygen atoms in total. The summed E-state index contributed by atoms with van der Waals surface area (Å²) < 4.78 is 12.4. The zero-order valence-corrected chi connectivity index (χ0v) is 14.8. The van der Waals surface area contributed by atoms with Crippen molar-refractivity contribution in [1.29, 1.82) is 0 Å². The van der Waals surface area contributed by atoms with Gasteiger partial charge in [0.2, 0.25) is 5.16 Å². The van der Waals surface area contributed by atoms with Gasteiger partial charge in [0, 0.05) is 19.3 Å². The highest BCUT2D eigenvalue weighted by atomic mass is 32.2. The molecule has 1 aromatic carbocycles. The van der Waals surface area contributed by atoms with Crippen LogP contribution in [0.2, 0.25) is 0 Å². The second-order valence-electron chi connectivity index (χ2n) is 5.02. The van der Waals surface area contributed by atoms with Gasteiger partial charge in [-0.3, -0.25) is 0 Å². The molecule has 0 aliphatic rings. The minimum atomic E-state index is -0.0190. The molecule has 0 fully saturated rings. The maximum Gasteiger partial charge on any atom is 0.209 e. The summed E-state index contributed by atoms with van der Waals surface area (Å²) in [5.41, 5.74) is 1.12. The van der Waals surface area contributed by atoms with Crippen LogP contribution in [0.25, 0.3) is 0 Å². The van der Waals surface area contributed by atoms with Crippen molar-refractivity contribution >= 4 is 11.8 Å². The monoisotopic (exact) mass is 353 g/mol. The quantitative estimate of drug-likeness (QED) is 0.454. The lowest BCUT2D eigenvalue weighted by Gasteiger charge is -2.12. The summed E-state index contributed by atoms with van der Waals surface area (Å²) in [6.07, 6.45) is 1.02. The van der Waals surface area contributed by atoms with Gasteiger partial charge in [-0.05, 0) is 41.1 Å². The SMILES string of the molecule is COc1cc(CNCCCSc2nnnn2C)ccc1OCCO. The van der Waals surface area contributed by atoms with E-state index in [1.807, 2.05) is 25.2 Å². The summed E-state index contributed by atoms with van der Waals surface area (Å²) in [6, 6.07) is 5.80. The Morgan fingerprint density at radius 3 is 2.92 bits per heavy atom. The highest BCUT2D eigenvalue weighted by molar-refractivity contribution is 7.99. The largest absolute Gasteiger partial charge is 0.493 e. The molecule has 132 valence electrons. The molecule has 0 bridgehead atoms. The van der Waals surface area contributed by atoms with Gasteiger partial charge in [-0.1, -0.05) is 17.8 Å². The summed E-state index contributed by atoms with van der Waals surface area (Å²) in [5, 5.41) is 24.4. The smallest absolute Gasteiger partial charge is 0.209 e. The van der Waals surface area contributed by atoms with E-state index < -0.39 is 0 Å². The summed E-state index contributed by atoms with van der Waals surface area (Å²) in [5.74, 6) is 2.27. The van der Waals surface area contributed by atoms with E-state index in [2.05, 4.69) is 20.8 Å². The van der Waals surface area contributed by atoms with Crippen LogP contribution >= 0.6 is 11.8 Å². The number of aliphatic hydroxyl groups is 1. The van der Waals surface area contributed by atoms with Gasteiger partial charge >= 0.3 is 0 Å². The second kappa shape index (κ2) is 10.1. The van der Waals surface area contributed by atoms with Crippen molar-refractivity contribution in [3.05, 3.63) is 23.8 Å². The predicted octanol–water partition coefficient (Wildman–Crippen LogP) is 0.862. The molecule has 0 atom stereocenters. The van der Waals surface area contributed by atoms with E-state index in [0.717, 1.165) is 36.0 Å². The average Bonchev–Trinajstić information content (AvgIpc) is 3.01. The fourth-order valence-electron chi connectivity index (χ4n) is 2.03. The molecule has 0 amide bonds. The van der Waals surface area contributed by atoms with Crippen molar-refractivity contribution in [2.75, 3.05) is 32.6 Å². The highest BCUT2D eigenvalue weighted by Crippen LogP contribution is 2.27. The van der Waals surface area contributed by atoms with E-state index >= 15 is 0 Å². The molecular formula is C15H23N5O3S.